The third kappa shape index (κ3) is 5.66. The summed E-state index contributed by atoms with van der Waals surface area (Å²) in [7, 11) is 0. The summed E-state index contributed by atoms with van der Waals surface area (Å²) >= 11 is 0. The lowest BCUT2D eigenvalue weighted by molar-refractivity contribution is -0.143. The Hall–Kier alpha value is -3.93. The highest BCUT2D eigenvalue weighted by Gasteiger charge is 2.25. The molecule has 6 heteroatoms. The van der Waals surface area contributed by atoms with E-state index in [0.29, 0.717) is 18.4 Å². The number of hydrogen-bond donors (Lipinski definition) is 0. The first-order valence-electron chi connectivity index (χ1n) is 10.4. The highest BCUT2D eigenvalue weighted by molar-refractivity contribution is 5.91. The normalized spacial score (nSPS) is 14.1. The molecule has 0 amide bonds. The van der Waals surface area contributed by atoms with Crippen molar-refractivity contribution in [1.29, 1.82) is 0 Å². The Morgan fingerprint density at radius 2 is 1.21 bits per heavy atom. The van der Waals surface area contributed by atoms with Gasteiger partial charge in [-0.3, -0.25) is 0 Å². The van der Waals surface area contributed by atoms with Gasteiger partial charge in [0, 0.05) is 29.6 Å². The van der Waals surface area contributed by atoms with E-state index in [9.17, 15) is 14.4 Å². The molecule has 0 N–H and O–H groups in total. The maximum atomic E-state index is 12.1. The fourth-order valence-electron chi connectivity index (χ4n) is 3.32. The van der Waals surface area contributed by atoms with Crippen molar-refractivity contribution in [2.75, 3.05) is 0 Å². The summed E-state index contributed by atoms with van der Waals surface area (Å²) in [5.74, 6) is -1.44. The van der Waals surface area contributed by atoms with Gasteiger partial charge in [0.2, 0.25) is 0 Å². The van der Waals surface area contributed by atoms with E-state index < -0.39 is 17.9 Å². The molecule has 2 aromatic rings. The Labute approximate surface area is 193 Å². The Bertz CT molecular complexity index is 1190. The van der Waals surface area contributed by atoms with Crippen LogP contribution in [0, 0.1) is 0 Å². The molecular formula is C27H26O6. The van der Waals surface area contributed by atoms with Gasteiger partial charge in [0.1, 0.15) is 6.10 Å². The standard InChI is InChI=1S/C27H26O6/c1-15(2)25(28)31-22-12-19-8-7-18(11-21(19)13-22)20-9-10-23(32-26(29)16(3)4)24(14-20)33-27(30)17(5)6/h7-11,14,22H,1,3,5,12-13H2,2,4,6H3. The Balaban J connectivity index is 1.89. The molecule has 0 saturated carbocycles. The van der Waals surface area contributed by atoms with Crippen molar-refractivity contribution in [2.45, 2.75) is 39.7 Å². The van der Waals surface area contributed by atoms with E-state index in [4.69, 9.17) is 14.2 Å². The number of hydrogen-bond acceptors (Lipinski definition) is 6. The summed E-state index contributed by atoms with van der Waals surface area (Å²) in [4.78, 5) is 36.0. The summed E-state index contributed by atoms with van der Waals surface area (Å²) < 4.78 is 16.2. The lowest BCUT2D eigenvalue weighted by atomic mass is 10.00. The van der Waals surface area contributed by atoms with Crippen molar-refractivity contribution >= 4 is 17.9 Å². The van der Waals surface area contributed by atoms with Crippen molar-refractivity contribution in [1.82, 2.24) is 0 Å². The zero-order valence-corrected chi connectivity index (χ0v) is 19.0. The molecule has 3 rings (SSSR count). The maximum Gasteiger partial charge on any atom is 0.338 e. The minimum atomic E-state index is -0.629. The molecule has 1 atom stereocenters. The summed E-state index contributed by atoms with van der Waals surface area (Å²) in [5.41, 5.74) is 4.63. The summed E-state index contributed by atoms with van der Waals surface area (Å²) in [6.07, 6.45) is 1.02. The lowest BCUT2D eigenvalue weighted by Crippen LogP contribution is -2.18. The van der Waals surface area contributed by atoms with Gasteiger partial charge in [0.15, 0.2) is 11.5 Å². The molecule has 1 aliphatic rings. The molecule has 6 nitrogen and oxygen atoms in total. The SMILES string of the molecule is C=C(C)C(=O)Oc1ccc(-c2ccc3c(c2)CC(OC(=O)C(=C)C)C3)cc1OC(=O)C(=C)C. The monoisotopic (exact) mass is 446 g/mol. The Morgan fingerprint density at radius 1 is 0.697 bits per heavy atom. The van der Waals surface area contributed by atoms with Gasteiger partial charge in [-0.25, -0.2) is 14.4 Å². The maximum absolute atomic E-state index is 12.1. The zero-order chi connectivity index (χ0) is 24.3. The van der Waals surface area contributed by atoms with Gasteiger partial charge >= 0.3 is 17.9 Å². The van der Waals surface area contributed by atoms with E-state index in [1.54, 1.807) is 25.1 Å². The highest BCUT2D eigenvalue weighted by Crippen LogP contribution is 2.36. The predicted octanol–water partition coefficient (Wildman–Crippen LogP) is 4.90. The summed E-state index contributed by atoms with van der Waals surface area (Å²) in [6, 6.07) is 10.9. The average molecular weight is 446 g/mol. The lowest BCUT2D eigenvalue weighted by Gasteiger charge is -2.13. The van der Waals surface area contributed by atoms with Gasteiger partial charge in [0.05, 0.1) is 0 Å². The first-order chi connectivity index (χ1) is 15.5. The molecular weight excluding hydrogens is 420 g/mol. The third-order valence-corrected chi connectivity index (χ3v) is 5.10. The van der Waals surface area contributed by atoms with Crippen LogP contribution in [0.15, 0.2) is 72.9 Å². The van der Waals surface area contributed by atoms with Gasteiger partial charge in [-0.15, -0.1) is 0 Å². The van der Waals surface area contributed by atoms with Crippen LogP contribution in [0.3, 0.4) is 0 Å². The third-order valence-electron chi connectivity index (χ3n) is 5.10. The van der Waals surface area contributed by atoms with E-state index >= 15 is 0 Å². The number of esters is 3. The van der Waals surface area contributed by atoms with Crippen LogP contribution in [0.1, 0.15) is 31.9 Å². The smallest absolute Gasteiger partial charge is 0.338 e. The van der Waals surface area contributed by atoms with E-state index in [0.717, 1.165) is 22.3 Å². The van der Waals surface area contributed by atoms with Gasteiger partial charge in [-0.1, -0.05) is 44.0 Å². The van der Waals surface area contributed by atoms with E-state index in [-0.39, 0.29) is 28.7 Å². The first-order valence-corrected chi connectivity index (χ1v) is 10.4. The molecule has 0 aromatic heterocycles. The summed E-state index contributed by atoms with van der Waals surface area (Å²) in [5, 5.41) is 0. The second-order valence-electron chi connectivity index (χ2n) is 8.20. The quantitative estimate of drug-likeness (QED) is 0.342. The second-order valence-corrected chi connectivity index (χ2v) is 8.20. The Kier molecular flexibility index (Phi) is 6.97. The van der Waals surface area contributed by atoms with Crippen LogP contribution in [0.2, 0.25) is 0 Å². The van der Waals surface area contributed by atoms with E-state index in [1.165, 1.54) is 13.8 Å². The van der Waals surface area contributed by atoms with Crippen molar-refractivity contribution in [3.63, 3.8) is 0 Å². The minimum Gasteiger partial charge on any atom is -0.458 e. The molecule has 1 unspecified atom stereocenters. The van der Waals surface area contributed by atoms with Crippen LogP contribution < -0.4 is 9.47 Å². The van der Waals surface area contributed by atoms with Crippen LogP contribution in [0.5, 0.6) is 11.5 Å². The van der Waals surface area contributed by atoms with Crippen LogP contribution in [-0.2, 0) is 32.0 Å². The minimum absolute atomic E-state index is 0.101. The van der Waals surface area contributed by atoms with Gasteiger partial charge in [-0.05, 0) is 55.2 Å². The van der Waals surface area contributed by atoms with Crippen molar-refractivity contribution < 1.29 is 28.6 Å². The van der Waals surface area contributed by atoms with Crippen LogP contribution >= 0.6 is 0 Å². The first kappa shape index (κ1) is 23.7. The van der Waals surface area contributed by atoms with Crippen molar-refractivity contribution in [3.05, 3.63) is 84.0 Å². The van der Waals surface area contributed by atoms with Crippen LogP contribution in [0.25, 0.3) is 11.1 Å². The molecule has 0 heterocycles. The van der Waals surface area contributed by atoms with Crippen molar-refractivity contribution in [3.8, 4) is 22.6 Å². The molecule has 1 aliphatic carbocycles. The molecule has 170 valence electrons. The number of ether oxygens (including phenoxy) is 3. The fourth-order valence-corrected chi connectivity index (χ4v) is 3.32. The number of fused-ring (bicyclic) bond motifs is 1. The molecule has 0 fully saturated rings. The number of carbonyl (C=O) groups excluding carboxylic acids is 3. The van der Waals surface area contributed by atoms with Gasteiger partial charge in [0.25, 0.3) is 0 Å². The Morgan fingerprint density at radius 3 is 1.82 bits per heavy atom. The highest BCUT2D eigenvalue weighted by atomic mass is 16.6. The molecule has 0 spiro atoms. The number of carbonyl (C=O) groups is 3. The number of rotatable bonds is 7. The second kappa shape index (κ2) is 9.69. The van der Waals surface area contributed by atoms with Gasteiger partial charge in [-0.2, -0.15) is 0 Å². The zero-order valence-electron chi connectivity index (χ0n) is 19.0. The molecule has 33 heavy (non-hydrogen) atoms. The van der Waals surface area contributed by atoms with Crippen LogP contribution in [-0.4, -0.2) is 24.0 Å². The van der Waals surface area contributed by atoms with E-state index in [1.807, 2.05) is 18.2 Å². The topological polar surface area (TPSA) is 78.9 Å². The van der Waals surface area contributed by atoms with Gasteiger partial charge < -0.3 is 14.2 Å². The average Bonchev–Trinajstić information content (AvgIpc) is 3.15. The van der Waals surface area contributed by atoms with E-state index in [2.05, 4.69) is 19.7 Å². The largest absolute Gasteiger partial charge is 0.458 e. The molecule has 0 aliphatic heterocycles. The molecule has 2 aromatic carbocycles. The molecule has 0 saturated heterocycles. The fraction of sp³-hybridized carbons (Fsp3) is 0.222. The summed E-state index contributed by atoms with van der Waals surface area (Å²) in [6.45, 7) is 15.5. The number of benzene rings is 2. The van der Waals surface area contributed by atoms with Crippen LogP contribution in [0.4, 0.5) is 0 Å². The molecule has 0 bridgehead atoms. The predicted molar refractivity (Wildman–Crippen MR) is 125 cm³/mol. The molecule has 0 radical (unpaired) electrons. The van der Waals surface area contributed by atoms with Crippen molar-refractivity contribution in [2.24, 2.45) is 0 Å².